The normalized spacial score (nSPS) is 10.9. The van der Waals surface area contributed by atoms with E-state index in [0.29, 0.717) is 5.15 Å². The van der Waals surface area contributed by atoms with E-state index in [0.717, 1.165) is 22.0 Å². The van der Waals surface area contributed by atoms with Crippen molar-refractivity contribution >= 4 is 22.4 Å². The van der Waals surface area contributed by atoms with Gasteiger partial charge < -0.3 is 0 Å². The van der Waals surface area contributed by atoms with Crippen molar-refractivity contribution in [2.45, 2.75) is 13.8 Å². The third kappa shape index (κ3) is 1.98. The Morgan fingerprint density at radius 2 is 1.58 bits per heavy atom. The second-order valence-corrected chi connectivity index (χ2v) is 4.99. The van der Waals surface area contributed by atoms with E-state index in [1.807, 2.05) is 30.3 Å². The van der Waals surface area contributed by atoms with Crippen LogP contribution in [0.1, 0.15) is 11.1 Å². The fourth-order valence-electron chi connectivity index (χ4n) is 2.28. The lowest BCUT2D eigenvalue weighted by molar-refractivity contribution is 1.05. The van der Waals surface area contributed by atoms with Gasteiger partial charge in [-0.05, 0) is 25.0 Å². The lowest BCUT2D eigenvalue weighted by atomic mass is 9.98. The zero-order chi connectivity index (χ0) is 13.4. The third-order valence-electron chi connectivity index (χ3n) is 3.50. The van der Waals surface area contributed by atoms with Crippen molar-refractivity contribution in [2.75, 3.05) is 0 Å². The summed E-state index contributed by atoms with van der Waals surface area (Å²) in [4.78, 5) is 0. The van der Waals surface area contributed by atoms with Crippen LogP contribution in [0.3, 0.4) is 0 Å². The maximum absolute atomic E-state index is 6.11. The quantitative estimate of drug-likeness (QED) is 0.646. The van der Waals surface area contributed by atoms with Gasteiger partial charge in [-0.1, -0.05) is 54.1 Å². The SMILES string of the molecule is Cc1cccc(-c2nnc(Cl)c3ccccc23)c1C. The Kier molecular flexibility index (Phi) is 2.96. The van der Waals surface area contributed by atoms with Crippen LogP contribution in [0.2, 0.25) is 5.15 Å². The molecular weight excluding hydrogens is 256 g/mol. The van der Waals surface area contributed by atoms with Crippen molar-refractivity contribution in [2.24, 2.45) is 0 Å². The van der Waals surface area contributed by atoms with Gasteiger partial charge in [0.15, 0.2) is 5.15 Å². The van der Waals surface area contributed by atoms with Crippen LogP contribution in [0.15, 0.2) is 42.5 Å². The van der Waals surface area contributed by atoms with E-state index in [1.165, 1.54) is 11.1 Å². The molecule has 0 unspecified atom stereocenters. The number of aromatic nitrogens is 2. The molecule has 1 heterocycles. The summed E-state index contributed by atoms with van der Waals surface area (Å²) < 4.78 is 0. The highest BCUT2D eigenvalue weighted by atomic mass is 35.5. The van der Waals surface area contributed by atoms with Crippen molar-refractivity contribution in [1.29, 1.82) is 0 Å². The lowest BCUT2D eigenvalue weighted by Crippen LogP contribution is -1.94. The molecule has 0 fully saturated rings. The first-order chi connectivity index (χ1) is 9.18. The second kappa shape index (κ2) is 4.63. The van der Waals surface area contributed by atoms with E-state index in [4.69, 9.17) is 11.6 Å². The summed E-state index contributed by atoms with van der Waals surface area (Å²) in [5.41, 5.74) is 4.48. The van der Waals surface area contributed by atoms with Gasteiger partial charge in [-0.25, -0.2) is 0 Å². The molecule has 0 aliphatic rings. The first kappa shape index (κ1) is 12.1. The number of rotatable bonds is 1. The average Bonchev–Trinajstić information content (AvgIpc) is 2.43. The molecule has 19 heavy (non-hydrogen) atoms. The molecule has 3 heteroatoms. The number of benzene rings is 2. The number of hydrogen-bond acceptors (Lipinski definition) is 2. The highest BCUT2D eigenvalue weighted by Crippen LogP contribution is 2.31. The largest absolute Gasteiger partial charge is 0.159 e. The van der Waals surface area contributed by atoms with Crippen LogP contribution >= 0.6 is 11.6 Å². The molecule has 3 rings (SSSR count). The Hall–Kier alpha value is -1.93. The van der Waals surface area contributed by atoms with Crippen molar-refractivity contribution in [1.82, 2.24) is 10.2 Å². The van der Waals surface area contributed by atoms with Crippen LogP contribution in [0.4, 0.5) is 0 Å². The molecule has 0 aliphatic carbocycles. The summed E-state index contributed by atoms with van der Waals surface area (Å²) in [5, 5.41) is 10.8. The predicted octanol–water partition coefficient (Wildman–Crippen LogP) is 4.57. The van der Waals surface area contributed by atoms with Gasteiger partial charge in [0.2, 0.25) is 0 Å². The fourth-order valence-corrected chi connectivity index (χ4v) is 2.48. The van der Waals surface area contributed by atoms with Gasteiger partial charge in [0.05, 0.1) is 0 Å². The maximum Gasteiger partial charge on any atom is 0.159 e. The van der Waals surface area contributed by atoms with Crippen molar-refractivity contribution < 1.29 is 0 Å². The van der Waals surface area contributed by atoms with Crippen molar-refractivity contribution in [3.05, 3.63) is 58.7 Å². The van der Waals surface area contributed by atoms with Gasteiger partial charge in [0, 0.05) is 16.3 Å². The molecule has 0 radical (unpaired) electrons. The van der Waals surface area contributed by atoms with Gasteiger partial charge in [0.25, 0.3) is 0 Å². The summed E-state index contributed by atoms with van der Waals surface area (Å²) >= 11 is 6.11. The van der Waals surface area contributed by atoms with Crippen LogP contribution in [-0.4, -0.2) is 10.2 Å². The second-order valence-electron chi connectivity index (χ2n) is 4.63. The van der Waals surface area contributed by atoms with E-state index >= 15 is 0 Å². The molecule has 3 aromatic rings. The maximum atomic E-state index is 6.11. The molecule has 0 amide bonds. The van der Waals surface area contributed by atoms with Crippen LogP contribution in [0, 0.1) is 13.8 Å². The standard InChI is InChI=1S/C16H13ClN2/c1-10-6-5-9-12(11(10)2)15-13-7-3-4-8-14(13)16(17)19-18-15/h3-9H,1-2H3. The molecular formula is C16H13ClN2. The molecule has 0 atom stereocenters. The number of halogens is 1. The van der Waals surface area contributed by atoms with Crippen molar-refractivity contribution in [3.8, 4) is 11.3 Å². The first-order valence-electron chi connectivity index (χ1n) is 6.16. The van der Waals surface area contributed by atoms with E-state index < -0.39 is 0 Å². The third-order valence-corrected chi connectivity index (χ3v) is 3.78. The molecule has 0 aliphatic heterocycles. The number of aryl methyl sites for hydroxylation is 1. The lowest BCUT2D eigenvalue weighted by Gasteiger charge is -2.10. The fraction of sp³-hybridized carbons (Fsp3) is 0.125. The minimum Gasteiger partial charge on any atom is -0.148 e. The summed E-state index contributed by atoms with van der Waals surface area (Å²) in [6.45, 7) is 4.21. The van der Waals surface area contributed by atoms with E-state index in [1.54, 1.807) is 0 Å². The summed E-state index contributed by atoms with van der Waals surface area (Å²) in [5.74, 6) is 0. The van der Waals surface area contributed by atoms with Gasteiger partial charge in [0.1, 0.15) is 5.69 Å². The van der Waals surface area contributed by atoms with E-state index in [9.17, 15) is 0 Å². The molecule has 0 N–H and O–H groups in total. The van der Waals surface area contributed by atoms with Gasteiger partial charge in [-0.2, -0.15) is 0 Å². The van der Waals surface area contributed by atoms with Crippen LogP contribution in [-0.2, 0) is 0 Å². The smallest absolute Gasteiger partial charge is 0.148 e. The zero-order valence-corrected chi connectivity index (χ0v) is 11.6. The molecule has 94 valence electrons. The average molecular weight is 269 g/mol. The molecule has 0 saturated carbocycles. The summed E-state index contributed by atoms with van der Waals surface area (Å²) in [7, 11) is 0. The number of hydrogen-bond donors (Lipinski definition) is 0. The molecule has 2 nitrogen and oxygen atoms in total. The van der Waals surface area contributed by atoms with E-state index in [2.05, 4.69) is 36.2 Å². The first-order valence-corrected chi connectivity index (χ1v) is 6.54. The monoisotopic (exact) mass is 268 g/mol. The Balaban J connectivity index is 2.38. The summed E-state index contributed by atoms with van der Waals surface area (Å²) in [6, 6.07) is 14.2. The minimum absolute atomic E-state index is 0.449. The van der Waals surface area contributed by atoms with Gasteiger partial charge >= 0.3 is 0 Å². The van der Waals surface area contributed by atoms with Crippen LogP contribution in [0.25, 0.3) is 22.0 Å². The van der Waals surface area contributed by atoms with Crippen molar-refractivity contribution in [3.63, 3.8) is 0 Å². The molecule has 1 aromatic heterocycles. The molecule has 0 spiro atoms. The molecule has 0 bridgehead atoms. The number of nitrogens with zero attached hydrogens (tertiary/aromatic N) is 2. The highest BCUT2D eigenvalue weighted by molar-refractivity contribution is 6.34. The Morgan fingerprint density at radius 3 is 2.37 bits per heavy atom. The highest BCUT2D eigenvalue weighted by Gasteiger charge is 2.11. The zero-order valence-electron chi connectivity index (χ0n) is 10.8. The van der Waals surface area contributed by atoms with Crippen LogP contribution < -0.4 is 0 Å². The number of fused-ring (bicyclic) bond motifs is 1. The minimum atomic E-state index is 0.449. The van der Waals surface area contributed by atoms with Crippen LogP contribution in [0.5, 0.6) is 0 Å². The summed E-state index contributed by atoms with van der Waals surface area (Å²) in [6.07, 6.45) is 0. The van der Waals surface area contributed by atoms with E-state index in [-0.39, 0.29) is 0 Å². The predicted molar refractivity (Wildman–Crippen MR) is 79.5 cm³/mol. The Labute approximate surface area is 117 Å². The topological polar surface area (TPSA) is 25.8 Å². The Morgan fingerprint density at radius 1 is 0.842 bits per heavy atom. The van der Waals surface area contributed by atoms with Gasteiger partial charge in [-0.3, -0.25) is 0 Å². The Bertz CT molecular complexity index is 766. The van der Waals surface area contributed by atoms with Gasteiger partial charge in [-0.15, -0.1) is 10.2 Å². The molecule has 0 saturated heterocycles. The molecule has 2 aromatic carbocycles.